The van der Waals surface area contributed by atoms with Crippen LogP contribution >= 0.6 is 0 Å². The van der Waals surface area contributed by atoms with Crippen molar-refractivity contribution in [2.75, 3.05) is 39.3 Å². The summed E-state index contributed by atoms with van der Waals surface area (Å²) in [6.45, 7) is 4.67. The van der Waals surface area contributed by atoms with Gasteiger partial charge in [-0.1, -0.05) is 23.4 Å². The summed E-state index contributed by atoms with van der Waals surface area (Å²) >= 11 is 0. The molecule has 1 saturated heterocycles. The van der Waals surface area contributed by atoms with Gasteiger partial charge in [-0.25, -0.2) is 0 Å². The summed E-state index contributed by atoms with van der Waals surface area (Å²) in [5.41, 5.74) is 0. The minimum Gasteiger partial charge on any atom is -0.492 e. The highest BCUT2D eigenvalue weighted by Gasteiger charge is 2.21. The van der Waals surface area contributed by atoms with Gasteiger partial charge in [0.15, 0.2) is 5.76 Å². The average Bonchev–Trinajstić information content (AvgIpc) is 3.45. The highest BCUT2D eigenvalue weighted by molar-refractivity contribution is 5.76. The predicted molar refractivity (Wildman–Crippen MR) is 105 cm³/mol. The fourth-order valence-corrected chi connectivity index (χ4v) is 3.26. The van der Waals surface area contributed by atoms with E-state index in [2.05, 4.69) is 15.0 Å². The van der Waals surface area contributed by atoms with E-state index >= 15 is 0 Å². The van der Waals surface area contributed by atoms with Crippen LogP contribution in [-0.4, -0.2) is 65.2 Å². The van der Waals surface area contributed by atoms with Crippen LogP contribution in [0.2, 0.25) is 0 Å². The second-order valence-corrected chi connectivity index (χ2v) is 6.87. The first-order chi connectivity index (χ1) is 14.3. The zero-order chi connectivity index (χ0) is 19.9. The van der Waals surface area contributed by atoms with Crippen molar-refractivity contribution in [3.63, 3.8) is 0 Å². The van der Waals surface area contributed by atoms with Gasteiger partial charge in [0.2, 0.25) is 17.6 Å². The van der Waals surface area contributed by atoms with Gasteiger partial charge in [0, 0.05) is 45.6 Å². The lowest BCUT2D eigenvalue weighted by atomic mass is 10.2. The number of para-hydroxylation sites is 1. The number of ether oxygens (including phenoxy) is 1. The van der Waals surface area contributed by atoms with E-state index in [9.17, 15) is 4.79 Å². The molecule has 8 heteroatoms. The van der Waals surface area contributed by atoms with E-state index in [1.54, 1.807) is 18.4 Å². The molecular formula is C21H24N4O4. The van der Waals surface area contributed by atoms with Crippen molar-refractivity contribution in [3.8, 4) is 17.3 Å². The molecule has 4 rings (SSSR count). The number of aryl methyl sites for hydroxylation is 1. The lowest BCUT2D eigenvalue weighted by molar-refractivity contribution is -0.133. The molecule has 29 heavy (non-hydrogen) atoms. The van der Waals surface area contributed by atoms with E-state index in [0.29, 0.717) is 36.9 Å². The topological polar surface area (TPSA) is 84.8 Å². The molecule has 1 amide bonds. The van der Waals surface area contributed by atoms with Crippen molar-refractivity contribution in [2.24, 2.45) is 0 Å². The number of piperazine rings is 1. The molecule has 0 aliphatic carbocycles. The van der Waals surface area contributed by atoms with Gasteiger partial charge in [0.25, 0.3) is 0 Å². The van der Waals surface area contributed by atoms with Crippen LogP contribution in [-0.2, 0) is 11.2 Å². The number of aromatic nitrogens is 2. The molecule has 0 radical (unpaired) electrons. The van der Waals surface area contributed by atoms with E-state index in [0.717, 1.165) is 38.5 Å². The molecule has 8 nitrogen and oxygen atoms in total. The Bertz CT molecular complexity index is 887. The smallest absolute Gasteiger partial charge is 0.238 e. The van der Waals surface area contributed by atoms with Gasteiger partial charge in [-0.15, -0.1) is 0 Å². The first kappa shape index (κ1) is 19.2. The Morgan fingerprint density at radius 1 is 1.07 bits per heavy atom. The maximum Gasteiger partial charge on any atom is 0.238 e. The summed E-state index contributed by atoms with van der Waals surface area (Å²) < 4.78 is 16.2. The zero-order valence-electron chi connectivity index (χ0n) is 16.2. The van der Waals surface area contributed by atoms with Gasteiger partial charge >= 0.3 is 0 Å². The van der Waals surface area contributed by atoms with Crippen molar-refractivity contribution in [3.05, 3.63) is 54.6 Å². The quantitative estimate of drug-likeness (QED) is 0.578. The fourth-order valence-electron chi connectivity index (χ4n) is 3.26. The number of carbonyl (C=O) groups excluding carboxylic acids is 1. The lowest BCUT2D eigenvalue weighted by Gasteiger charge is -2.34. The molecule has 1 aromatic carbocycles. The largest absolute Gasteiger partial charge is 0.492 e. The van der Waals surface area contributed by atoms with Crippen molar-refractivity contribution < 1.29 is 18.5 Å². The molecule has 3 heterocycles. The van der Waals surface area contributed by atoms with Crippen LogP contribution in [0, 0.1) is 0 Å². The van der Waals surface area contributed by atoms with Gasteiger partial charge < -0.3 is 18.6 Å². The maximum absolute atomic E-state index is 12.5. The summed E-state index contributed by atoms with van der Waals surface area (Å²) in [6.07, 6.45) is 2.34. The Kier molecular flexibility index (Phi) is 6.21. The fraction of sp³-hybridized carbons (Fsp3) is 0.381. The minimum atomic E-state index is 0.114. The molecule has 152 valence electrons. The predicted octanol–water partition coefficient (Wildman–Crippen LogP) is 2.49. The van der Waals surface area contributed by atoms with Gasteiger partial charge in [-0.3, -0.25) is 9.69 Å². The summed E-state index contributed by atoms with van der Waals surface area (Å²) in [6, 6.07) is 13.3. The second-order valence-electron chi connectivity index (χ2n) is 6.87. The molecule has 1 fully saturated rings. The van der Waals surface area contributed by atoms with Crippen molar-refractivity contribution in [1.82, 2.24) is 19.9 Å². The van der Waals surface area contributed by atoms with E-state index < -0.39 is 0 Å². The van der Waals surface area contributed by atoms with E-state index in [1.165, 1.54) is 0 Å². The van der Waals surface area contributed by atoms with Crippen LogP contribution in [0.15, 0.2) is 57.7 Å². The van der Waals surface area contributed by atoms with Crippen LogP contribution in [0.3, 0.4) is 0 Å². The molecule has 0 atom stereocenters. The Morgan fingerprint density at radius 2 is 1.90 bits per heavy atom. The Balaban J connectivity index is 1.15. The third-order valence-electron chi connectivity index (χ3n) is 4.91. The first-order valence-corrected chi connectivity index (χ1v) is 9.82. The van der Waals surface area contributed by atoms with Gasteiger partial charge in [-0.05, 0) is 24.3 Å². The Hall–Kier alpha value is -3.13. The molecule has 1 aliphatic rings. The van der Waals surface area contributed by atoms with Gasteiger partial charge in [0.1, 0.15) is 12.4 Å². The molecule has 3 aromatic rings. The van der Waals surface area contributed by atoms with Crippen molar-refractivity contribution >= 4 is 5.91 Å². The number of hydrogen-bond donors (Lipinski definition) is 0. The van der Waals surface area contributed by atoms with Crippen LogP contribution in [0.4, 0.5) is 0 Å². The minimum absolute atomic E-state index is 0.114. The second kappa shape index (κ2) is 9.38. The molecule has 0 spiro atoms. The van der Waals surface area contributed by atoms with Crippen LogP contribution < -0.4 is 4.74 Å². The highest BCUT2D eigenvalue weighted by Crippen LogP contribution is 2.16. The monoisotopic (exact) mass is 396 g/mol. The lowest BCUT2D eigenvalue weighted by Crippen LogP contribution is -2.49. The number of amides is 1. The number of nitrogens with zero attached hydrogens (tertiary/aromatic N) is 4. The third-order valence-corrected chi connectivity index (χ3v) is 4.91. The summed E-state index contributed by atoms with van der Waals surface area (Å²) in [4.78, 5) is 21.0. The van der Waals surface area contributed by atoms with Crippen LogP contribution in [0.25, 0.3) is 11.6 Å². The van der Waals surface area contributed by atoms with E-state index in [-0.39, 0.29) is 5.91 Å². The van der Waals surface area contributed by atoms with Crippen molar-refractivity contribution in [2.45, 2.75) is 12.8 Å². The third kappa shape index (κ3) is 5.23. The van der Waals surface area contributed by atoms with E-state index in [4.69, 9.17) is 13.7 Å². The molecule has 0 unspecified atom stereocenters. The molecule has 0 bridgehead atoms. The first-order valence-electron chi connectivity index (χ1n) is 9.82. The zero-order valence-corrected chi connectivity index (χ0v) is 16.2. The summed E-state index contributed by atoms with van der Waals surface area (Å²) in [7, 11) is 0. The van der Waals surface area contributed by atoms with Gasteiger partial charge in [0.05, 0.1) is 6.26 Å². The summed E-state index contributed by atoms with van der Waals surface area (Å²) in [5.74, 6) is 2.41. The normalized spacial score (nSPS) is 14.8. The molecule has 2 aromatic heterocycles. The molecule has 0 N–H and O–H groups in total. The summed E-state index contributed by atoms with van der Waals surface area (Å²) in [5, 5.41) is 3.89. The molecule has 1 aliphatic heterocycles. The number of hydrogen-bond acceptors (Lipinski definition) is 7. The number of carbonyl (C=O) groups is 1. The van der Waals surface area contributed by atoms with Crippen molar-refractivity contribution in [1.29, 1.82) is 0 Å². The highest BCUT2D eigenvalue weighted by atomic mass is 16.5. The molecule has 0 saturated carbocycles. The average molecular weight is 396 g/mol. The van der Waals surface area contributed by atoms with Gasteiger partial charge in [-0.2, -0.15) is 4.98 Å². The van der Waals surface area contributed by atoms with E-state index in [1.807, 2.05) is 35.2 Å². The molecular weight excluding hydrogens is 372 g/mol. The number of rotatable bonds is 8. The maximum atomic E-state index is 12.5. The standard InChI is InChI=1S/C21H24N4O4/c26-20(9-8-19-22-21(23-29-19)18-7-4-15-28-18)25-12-10-24(11-13-25)14-16-27-17-5-2-1-3-6-17/h1-7,15H,8-14,16H2. The SMILES string of the molecule is O=C(CCc1nc(-c2ccco2)no1)N1CCN(CCOc2ccccc2)CC1. The van der Waals surface area contributed by atoms with Crippen LogP contribution in [0.1, 0.15) is 12.3 Å². The Labute approximate surface area is 169 Å². The number of benzene rings is 1. The Morgan fingerprint density at radius 3 is 2.66 bits per heavy atom. The number of furan rings is 1. The van der Waals surface area contributed by atoms with Crippen LogP contribution in [0.5, 0.6) is 5.75 Å².